The summed E-state index contributed by atoms with van der Waals surface area (Å²) in [6, 6.07) is 6.33. The number of carbonyl (C=O) groups excluding carboxylic acids is 1. The van der Waals surface area contributed by atoms with Crippen molar-refractivity contribution in [1.82, 2.24) is 15.1 Å². The monoisotopic (exact) mass is 386 g/mol. The Morgan fingerprint density at radius 3 is 2.52 bits per heavy atom. The second-order valence-electron chi connectivity index (χ2n) is 5.44. The highest BCUT2D eigenvalue weighted by molar-refractivity contribution is 5.88. The molecule has 146 valence electrons. The molecular formula is C16H17F3N4O4. The van der Waals surface area contributed by atoms with Crippen molar-refractivity contribution in [3.05, 3.63) is 42.1 Å². The van der Waals surface area contributed by atoms with E-state index >= 15 is 0 Å². The molecule has 1 aromatic carbocycles. The van der Waals surface area contributed by atoms with Gasteiger partial charge in [0.05, 0.1) is 12.7 Å². The lowest BCUT2D eigenvalue weighted by molar-refractivity contribution is -0.274. The first-order valence-electron chi connectivity index (χ1n) is 7.86. The number of hydrogen-bond donors (Lipinski definition) is 3. The van der Waals surface area contributed by atoms with Gasteiger partial charge in [0.15, 0.2) is 0 Å². The first-order chi connectivity index (χ1) is 12.7. The lowest BCUT2D eigenvalue weighted by atomic mass is 10.2. The van der Waals surface area contributed by atoms with Gasteiger partial charge in [-0.3, -0.25) is 10.1 Å². The predicted molar refractivity (Wildman–Crippen MR) is 88.3 cm³/mol. The van der Waals surface area contributed by atoms with Crippen LogP contribution in [0, 0.1) is 0 Å². The van der Waals surface area contributed by atoms with E-state index in [2.05, 4.69) is 20.5 Å². The summed E-state index contributed by atoms with van der Waals surface area (Å²) in [5.74, 6) is -0.894. The summed E-state index contributed by atoms with van der Waals surface area (Å²) in [5, 5.41) is 17.7. The van der Waals surface area contributed by atoms with Gasteiger partial charge < -0.3 is 15.2 Å². The van der Waals surface area contributed by atoms with Gasteiger partial charge in [-0.1, -0.05) is 12.1 Å². The van der Waals surface area contributed by atoms with Crippen LogP contribution in [-0.4, -0.2) is 39.8 Å². The summed E-state index contributed by atoms with van der Waals surface area (Å²) in [5.41, 5.74) is 0.651. The van der Waals surface area contributed by atoms with Crippen molar-refractivity contribution in [2.45, 2.75) is 25.7 Å². The average molecular weight is 386 g/mol. The molecular weight excluding hydrogens is 369 g/mol. The van der Waals surface area contributed by atoms with Gasteiger partial charge in [0.25, 0.3) is 0 Å². The Balaban J connectivity index is 1.89. The molecule has 11 heteroatoms. The van der Waals surface area contributed by atoms with E-state index in [1.54, 1.807) is 6.07 Å². The Bertz CT molecular complexity index is 775. The lowest BCUT2D eigenvalue weighted by Crippen LogP contribution is -2.30. The van der Waals surface area contributed by atoms with Crippen LogP contribution < -0.4 is 15.4 Å². The number of alkyl halides is 3. The number of urea groups is 1. The number of hydrogen-bond acceptors (Lipinski definition) is 4. The van der Waals surface area contributed by atoms with Crippen LogP contribution in [0.4, 0.5) is 23.8 Å². The second kappa shape index (κ2) is 8.92. The summed E-state index contributed by atoms with van der Waals surface area (Å²) in [7, 11) is 0. The van der Waals surface area contributed by atoms with Crippen LogP contribution in [-0.2, 0) is 11.3 Å². The number of carboxylic acids is 1. The maximum Gasteiger partial charge on any atom is 0.573 e. The molecule has 3 N–H and O–H groups in total. The molecule has 0 aliphatic heterocycles. The quantitative estimate of drug-likeness (QED) is 0.605. The lowest BCUT2D eigenvalue weighted by Gasteiger charge is -2.11. The van der Waals surface area contributed by atoms with E-state index in [4.69, 9.17) is 5.11 Å². The number of aliphatic carboxylic acids is 1. The van der Waals surface area contributed by atoms with E-state index in [1.807, 2.05) is 0 Å². The van der Waals surface area contributed by atoms with E-state index in [0.29, 0.717) is 17.8 Å². The molecule has 0 saturated carbocycles. The Hall–Kier alpha value is -3.24. The third-order valence-electron chi connectivity index (χ3n) is 3.30. The molecule has 0 bridgehead atoms. The number of ether oxygens (including phenoxy) is 1. The van der Waals surface area contributed by atoms with Gasteiger partial charge in [-0.15, -0.1) is 13.2 Å². The van der Waals surface area contributed by atoms with Gasteiger partial charge in [0.2, 0.25) is 0 Å². The third-order valence-corrected chi connectivity index (χ3v) is 3.30. The summed E-state index contributed by atoms with van der Waals surface area (Å²) in [6.45, 7) is 0.418. The number of nitrogens with zero attached hydrogens (tertiary/aromatic N) is 2. The highest BCUT2D eigenvalue weighted by atomic mass is 19.4. The molecule has 0 radical (unpaired) electrons. The largest absolute Gasteiger partial charge is 0.573 e. The van der Waals surface area contributed by atoms with Crippen LogP contribution in [0.25, 0.3) is 0 Å². The molecule has 2 rings (SSSR count). The van der Waals surface area contributed by atoms with Gasteiger partial charge >= 0.3 is 18.4 Å². The number of nitrogens with one attached hydrogen (secondary N) is 2. The number of anilines is 1. The molecule has 0 unspecified atom stereocenters. The van der Waals surface area contributed by atoms with Gasteiger partial charge in [-0.05, 0) is 24.1 Å². The van der Waals surface area contributed by atoms with Crippen LogP contribution in [0.3, 0.4) is 0 Å². The number of benzene rings is 1. The Kier molecular flexibility index (Phi) is 6.63. The van der Waals surface area contributed by atoms with Crippen LogP contribution in [0.15, 0.2) is 36.5 Å². The molecule has 0 atom stereocenters. The van der Waals surface area contributed by atoms with E-state index in [9.17, 15) is 22.8 Å². The zero-order valence-corrected chi connectivity index (χ0v) is 14.0. The topological polar surface area (TPSA) is 105 Å². The molecule has 0 fully saturated rings. The first-order valence-corrected chi connectivity index (χ1v) is 7.86. The number of rotatable bonds is 8. The number of aromatic nitrogens is 2. The number of carboxylic acid groups (broad SMARTS) is 1. The Morgan fingerprint density at radius 2 is 1.89 bits per heavy atom. The molecule has 2 amide bonds. The molecule has 27 heavy (non-hydrogen) atoms. The van der Waals surface area contributed by atoms with Crippen LogP contribution in [0.2, 0.25) is 0 Å². The van der Waals surface area contributed by atoms with E-state index in [0.717, 1.165) is 0 Å². The maximum atomic E-state index is 12.2. The average Bonchev–Trinajstić information content (AvgIpc) is 2.99. The standard InChI is InChI=1S/C16H17F3N4O4/c17-16(18,19)27-12-5-3-11(4-6-12)10-23-13(7-9-21-23)22-15(26)20-8-1-2-14(24)25/h3-7,9H,1-2,8,10H2,(H,24,25)(H2,20,22,26). The van der Waals surface area contributed by atoms with Crippen molar-refractivity contribution in [2.24, 2.45) is 0 Å². The van der Waals surface area contributed by atoms with Gasteiger partial charge in [-0.2, -0.15) is 5.10 Å². The minimum Gasteiger partial charge on any atom is -0.481 e. The molecule has 1 aromatic heterocycles. The van der Waals surface area contributed by atoms with Crippen molar-refractivity contribution in [2.75, 3.05) is 11.9 Å². The Labute approximate surface area is 151 Å². The fourth-order valence-electron chi connectivity index (χ4n) is 2.14. The van der Waals surface area contributed by atoms with E-state index in [-0.39, 0.29) is 25.3 Å². The van der Waals surface area contributed by atoms with Crippen LogP contribution in [0.1, 0.15) is 18.4 Å². The zero-order chi connectivity index (χ0) is 19.9. The second-order valence-corrected chi connectivity index (χ2v) is 5.44. The molecule has 0 aliphatic rings. The Morgan fingerprint density at radius 1 is 1.19 bits per heavy atom. The highest BCUT2D eigenvalue weighted by Crippen LogP contribution is 2.23. The minimum absolute atomic E-state index is 0.0493. The third kappa shape index (κ3) is 7.26. The maximum absolute atomic E-state index is 12.2. The van der Waals surface area contributed by atoms with Crippen molar-refractivity contribution >= 4 is 17.8 Å². The smallest absolute Gasteiger partial charge is 0.481 e. The number of amides is 2. The molecule has 0 aliphatic carbocycles. The van der Waals surface area contributed by atoms with Crippen molar-refractivity contribution in [1.29, 1.82) is 0 Å². The van der Waals surface area contributed by atoms with Gasteiger partial charge in [-0.25, -0.2) is 9.48 Å². The van der Waals surface area contributed by atoms with E-state index in [1.165, 1.54) is 35.1 Å². The fraction of sp³-hybridized carbons (Fsp3) is 0.312. The highest BCUT2D eigenvalue weighted by Gasteiger charge is 2.30. The van der Waals surface area contributed by atoms with E-state index < -0.39 is 18.4 Å². The van der Waals surface area contributed by atoms with Crippen LogP contribution >= 0.6 is 0 Å². The predicted octanol–water partition coefficient (Wildman–Crippen LogP) is 2.82. The zero-order valence-electron chi connectivity index (χ0n) is 14.0. The first kappa shape index (κ1) is 20.1. The van der Waals surface area contributed by atoms with Gasteiger partial charge in [0.1, 0.15) is 11.6 Å². The summed E-state index contributed by atoms with van der Waals surface area (Å²) in [6.07, 6.45) is -3.04. The molecule has 2 aromatic rings. The number of carbonyl (C=O) groups is 2. The summed E-state index contributed by atoms with van der Waals surface area (Å²) < 4.78 is 41.7. The van der Waals surface area contributed by atoms with Crippen LogP contribution in [0.5, 0.6) is 5.75 Å². The molecule has 8 nitrogen and oxygen atoms in total. The molecule has 0 spiro atoms. The van der Waals surface area contributed by atoms with Gasteiger partial charge in [0, 0.05) is 19.0 Å². The van der Waals surface area contributed by atoms with Crippen molar-refractivity contribution in [3.8, 4) is 5.75 Å². The minimum atomic E-state index is -4.75. The van der Waals surface area contributed by atoms with Crippen molar-refractivity contribution in [3.63, 3.8) is 0 Å². The number of halogens is 3. The summed E-state index contributed by atoms with van der Waals surface area (Å²) >= 11 is 0. The summed E-state index contributed by atoms with van der Waals surface area (Å²) in [4.78, 5) is 22.2. The SMILES string of the molecule is O=C(O)CCCNC(=O)Nc1ccnn1Cc1ccc(OC(F)(F)F)cc1. The normalized spacial score (nSPS) is 11.1. The van der Waals surface area contributed by atoms with Crippen molar-refractivity contribution < 1.29 is 32.6 Å². The fourth-order valence-corrected chi connectivity index (χ4v) is 2.14. The molecule has 1 heterocycles. The molecule has 0 saturated heterocycles.